The van der Waals surface area contributed by atoms with Crippen molar-refractivity contribution in [1.29, 1.82) is 0 Å². The number of rotatable bonds is 47. The minimum atomic E-state index is -5.42. The van der Waals surface area contributed by atoms with Crippen LogP contribution in [0.4, 0.5) is 5.82 Å². The normalized spacial score (nSPS) is 19.4. The molecule has 0 bridgehead atoms. The number of aromatic nitrogens is 2. The Morgan fingerprint density at radius 3 is 1.56 bits per heavy atom. The third-order valence-corrected chi connectivity index (χ3v) is 16.3. The van der Waals surface area contributed by atoms with Crippen LogP contribution in [0.3, 0.4) is 0 Å². The maximum atomic E-state index is 12.9. The largest absolute Gasteiger partial charge is 0.481 e. The summed E-state index contributed by atoms with van der Waals surface area (Å²) in [5.74, 6) is 0.370. The second kappa shape index (κ2) is 40.0. The van der Waals surface area contributed by atoms with E-state index in [-0.39, 0.29) is 18.7 Å². The van der Waals surface area contributed by atoms with Gasteiger partial charge >= 0.3 is 33.3 Å². The number of nitrogen functional groups attached to an aromatic ring is 1. The Morgan fingerprint density at radius 2 is 1.10 bits per heavy atom. The SMILES string of the molecule is CCC(C)CCCCCCCCCCCCCCCCC(=O)O[C@H](COC(=O)CCCCCCCCCCCCCCCCC(C)C)COP(=O)(O)OP(=O)(O)OC[C@H]1O[C@@H](n2ccc(N)nc2=O)C(O)[C@H]1O. The Labute approximate surface area is 438 Å². The van der Waals surface area contributed by atoms with Crippen molar-refractivity contribution in [3.05, 3.63) is 22.7 Å². The van der Waals surface area contributed by atoms with Gasteiger partial charge in [0.1, 0.15) is 30.7 Å². The lowest BCUT2D eigenvalue weighted by Gasteiger charge is -2.21. The van der Waals surface area contributed by atoms with E-state index in [0.717, 1.165) is 67.8 Å². The van der Waals surface area contributed by atoms with Crippen LogP contribution in [0, 0.1) is 11.8 Å². The molecule has 18 nitrogen and oxygen atoms in total. The highest BCUT2D eigenvalue weighted by atomic mass is 31.3. The number of aliphatic hydroxyl groups is 2. The van der Waals surface area contributed by atoms with Crippen molar-refractivity contribution >= 4 is 33.4 Å². The molecule has 0 radical (unpaired) electrons. The monoisotopic (exact) mass is 1080 g/mol. The van der Waals surface area contributed by atoms with Gasteiger partial charge < -0.3 is 39.9 Å². The van der Waals surface area contributed by atoms with Crippen LogP contribution in [0.2, 0.25) is 0 Å². The number of ether oxygens (including phenoxy) is 3. The first-order valence-corrected chi connectivity index (χ1v) is 31.3. The van der Waals surface area contributed by atoms with Crippen LogP contribution in [-0.2, 0) is 46.3 Å². The lowest BCUT2D eigenvalue weighted by molar-refractivity contribution is -0.161. The van der Waals surface area contributed by atoms with Crippen molar-refractivity contribution in [2.75, 3.05) is 25.6 Å². The summed E-state index contributed by atoms with van der Waals surface area (Å²) in [6.45, 7) is 6.89. The molecule has 2 heterocycles. The van der Waals surface area contributed by atoms with E-state index in [9.17, 15) is 43.5 Å². The van der Waals surface area contributed by atoms with E-state index in [1.165, 1.54) is 147 Å². The summed E-state index contributed by atoms with van der Waals surface area (Å²) in [5, 5.41) is 20.9. The number of carbonyl (C=O) groups excluding carboxylic acids is 2. The van der Waals surface area contributed by atoms with Crippen molar-refractivity contribution in [2.24, 2.45) is 11.8 Å². The van der Waals surface area contributed by atoms with Crippen molar-refractivity contribution < 1.29 is 66.3 Å². The molecule has 1 fully saturated rings. The maximum absolute atomic E-state index is 12.9. The number of nitrogens with zero attached hydrogens (tertiary/aromatic N) is 2. The van der Waals surface area contributed by atoms with Crippen molar-refractivity contribution in [3.8, 4) is 0 Å². The lowest BCUT2D eigenvalue weighted by Crippen LogP contribution is -2.36. The van der Waals surface area contributed by atoms with Gasteiger partial charge in [-0.05, 0) is 30.7 Å². The Kier molecular flexibility index (Phi) is 36.7. The Bertz CT molecular complexity index is 1760. The second-order valence-corrected chi connectivity index (χ2v) is 23.9. The fourth-order valence-electron chi connectivity index (χ4n) is 8.89. The summed E-state index contributed by atoms with van der Waals surface area (Å²) in [6, 6.07) is 1.25. The summed E-state index contributed by atoms with van der Waals surface area (Å²) < 4.78 is 57.0. The Balaban J connectivity index is 1.75. The standard InChI is InChI=1S/C53H99N3O15P2/c1-5-44(4)35-31-27-23-19-15-11-7-9-13-17-21-25-29-33-37-49(58)69-45(40-66-48(57)36-32-28-24-20-16-12-8-6-10-14-18-22-26-30-34-43(2)3)41-67-72(62,63)71-73(64,65)68-42-46-50(59)51(60)52(70-46)56-39-38-47(54)55-53(56)61/h38-39,43-46,50-52,59-60H,5-37,40-42H2,1-4H3,(H,62,63)(H,64,65)(H2,54,55,61)/t44?,45-,46-,50+,51?,52-/m1/s1. The third kappa shape index (κ3) is 33.5. The molecule has 2 rings (SSSR count). The number of anilines is 1. The van der Waals surface area contributed by atoms with Crippen molar-refractivity contribution in [3.63, 3.8) is 0 Å². The molecule has 0 amide bonds. The van der Waals surface area contributed by atoms with Gasteiger partial charge in [0.15, 0.2) is 12.3 Å². The number of aliphatic hydroxyl groups excluding tert-OH is 2. The average Bonchev–Trinajstić information content (AvgIpc) is 3.62. The number of phosphoric ester groups is 2. The maximum Gasteiger partial charge on any atom is 0.481 e. The second-order valence-electron chi connectivity index (χ2n) is 20.9. The summed E-state index contributed by atoms with van der Waals surface area (Å²) in [4.78, 5) is 62.1. The van der Waals surface area contributed by atoms with Gasteiger partial charge in [-0.3, -0.25) is 23.2 Å². The minimum Gasteiger partial charge on any atom is -0.462 e. The summed E-state index contributed by atoms with van der Waals surface area (Å²) in [5.41, 5.74) is 4.60. The van der Waals surface area contributed by atoms with Crippen LogP contribution in [0.15, 0.2) is 17.1 Å². The van der Waals surface area contributed by atoms with Crippen molar-refractivity contribution in [1.82, 2.24) is 9.55 Å². The zero-order valence-corrected chi connectivity index (χ0v) is 47.1. The number of unbranched alkanes of at least 4 members (excludes halogenated alkanes) is 26. The van der Waals surface area contributed by atoms with Crippen LogP contribution in [-0.4, -0.2) is 85.7 Å². The van der Waals surface area contributed by atoms with Crippen LogP contribution in [0.25, 0.3) is 0 Å². The summed E-state index contributed by atoms with van der Waals surface area (Å²) in [6.07, 6.45) is 30.3. The van der Waals surface area contributed by atoms with E-state index >= 15 is 0 Å². The lowest BCUT2D eigenvalue weighted by atomic mass is 9.99. The van der Waals surface area contributed by atoms with Gasteiger partial charge in [0.2, 0.25) is 0 Å². The first-order chi connectivity index (χ1) is 34.9. The molecule has 4 unspecified atom stereocenters. The molecule has 1 aromatic heterocycles. The van der Waals surface area contributed by atoms with Gasteiger partial charge in [-0.25, -0.2) is 13.9 Å². The van der Waals surface area contributed by atoms with Crippen LogP contribution in [0.5, 0.6) is 0 Å². The molecule has 0 aromatic carbocycles. The molecule has 73 heavy (non-hydrogen) atoms. The molecule has 1 aromatic rings. The molecule has 426 valence electrons. The highest BCUT2D eigenvalue weighted by molar-refractivity contribution is 7.61. The Morgan fingerprint density at radius 1 is 0.658 bits per heavy atom. The predicted octanol–water partition coefficient (Wildman–Crippen LogP) is 12.3. The zero-order chi connectivity index (χ0) is 53.7. The molecular formula is C53H99N3O15P2. The van der Waals surface area contributed by atoms with E-state index < -0.39 is 83.7 Å². The molecule has 1 aliphatic heterocycles. The smallest absolute Gasteiger partial charge is 0.462 e. The first kappa shape index (κ1) is 66.9. The van der Waals surface area contributed by atoms with Gasteiger partial charge in [-0.2, -0.15) is 9.29 Å². The van der Waals surface area contributed by atoms with Gasteiger partial charge in [-0.15, -0.1) is 0 Å². The number of nitrogens with two attached hydrogens (primary N) is 1. The van der Waals surface area contributed by atoms with Gasteiger partial charge in [0, 0.05) is 19.0 Å². The number of esters is 2. The molecule has 1 saturated heterocycles. The van der Waals surface area contributed by atoms with E-state index in [1.54, 1.807) is 0 Å². The molecule has 1 aliphatic rings. The molecule has 0 spiro atoms. The van der Waals surface area contributed by atoms with Gasteiger partial charge in [0.25, 0.3) is 0 Å². The highest BCUT2D eigenvalue weighted by Gasteiger charge is 2.46. The van der Waals surface area contributed by atoms with E-state index in [4.69, 9.17) is 29.0 Å². The fourth-order valence-corrected chi connectivity index (χ4v) is 11.0. The number of carbonyl (C=O) groups is 2. The van der Waals surface area contributed by atoms with Gasteiger partial charge in [-0.1, -0.05) is 214 Å². The summed E-state index contributed by atoms with van der Waals surface area (Å²) >= 11 is 0. The first-order valence-electron chi connectivity index (χ1n) is 28.3. The fraction of sp³-hybridized carbons (Fsp3) is 0.887. The zero-order valence-electron chi connectivity index (χ0n) is 45.3. The summed E-state index contributed by atoms with van der Waals surface area (Å²) in [7, 11) is -10.8. The van der Waals surface area contributed by atoms with E-state index in [1.807, 2.05) is 0 Å². The molecule has 8 atom stereocenters. The van der Waals surface area contributed by atoms with Gasteiger partial charge in [0.05, 0.1) is 13.2 Å². The van der Waals surface area contributed by atoms with E-state index in [2.05, 4.69) is 37.0 Å². The molecule has 0 aliphatic carbocycles. The van der Waals surface area contributed by atoms with Crippen molar-refractivity contribution in [2.45, 2.75) is 270 Å². The topological polar surface area (TPSA) is 265 Å². The molecular weight excluding hydrogens is 981 g/mol. The average molecular weight is 1080 g/mol. The number of hydrogen-bond acceptors (Lipinski definition) is 15. The number of phosphoric acid groups is 2. The predicted molar refractivity (Wildman–Crippen MR) is 284 cm³/mol. The highest BCUT2D eigenvalue weighted by Crippen LogP contribution is 2.60. The molecule has 20 heteroatoms. The van der Waals surface area contributed by atoms with E-state index in [0.29, 0.717) is 12.8 Å². The molecule has 6 N–H and O–H groups in total. The van der Waals surface area contributed by atoms with Crippen LogP contribution in [0.1, 0.15) is 246 Å². The minimum absolute atomic E-state index is 0.0574. The number of hydrogen-bond donors (Lipinski definition) is 5. The third-order valence-electron chi connectivity index (χ3n) is 13.7. The quantitative estimate of drug-likeness (QED) is 0.0231. The van der Waals surface area contributed by atoms with Crippen LogP contribution >= 0.6 is 15.6 Å². The Hall–Kier alpha value is -2.24. The molecule has 0 saturated carbocycles. The van der Waals surface area contributed by atoms with Crippen LogP contribution < -0.4 is 11.4 Å².